The SMILES string of the molecule is C[C@H]1CC[C@H](N(CCCOc2ccccc2)C(N)=O)CC1. The molecule has 0 heterocycles. The number of ether oxygens (including phenoxy) is 1. The Labute approximate surface area is 127 Å². The lowest BCUT2D eigenvalue weighted by molar-refractivity contribution is 0.146. The van der Waals surface area contributed by atoms with Crippen molar-refractivity contribution in [2.45, 2.75) is 45.1 Å². The number of carbonyl (C=O) groups excluding carboxylic acids is 1. The normalized spacial score (nSPS) is 21.8. The molecule has 0 saturated heterocycles. The number of amides is 2. The standard InChI is InChI=1S/C17H26N2O2/c1-14-8-10-15(11-9-14)19(17(18)20)12-5-13-21-16-6-3-2-4-7-16/h2-4,6-7,14-15H,5,8-13H2,1H3,(H2,18,20)/t14-,15-. The lowest BCUT2D eigenvalue weighted by Crippen LogP contribution is -2.45. The van der Waals surface area contributed by atoms with Crippen molar-refractivity contribution in [2.75, 3.05) is 13.2 Å². The highest BCUT2D eigenvalue weighted by Crippen LogP contribution is 2.27. The van der Waals surface area contributed by atoms with Crippen LogP contribution in [0.3, 0.4) is 0 Å². The molecule has 1 aromatic rings. The second-order valence-corrected chi connectivity index (χ2v) is 5.96. The molecule has 0 aromatic heterocycles. The predicted molar refractivity (Wildman–Crippen MR) is 84.3 cm³/mol. The quantitative estimate of drug-likeness (QED) is 0.816. The molecule has 1 aliphatic rings. The molecule has 2 N–H and O–H groups in total. The van der Waals surface area contributed by atoms with Gasteiger partial charge in [0.2, 0.25) is 0 Å². The highest BCUT2D eigenvalue weighted by molar-refractivity contribution is 5.72. The number of urea groups is 1. The van der Waals surface area contributed by atoms with Crippen molar-refractivity contribution in [3.63, 3.8) is 0 Å². The summed E-state index contributed by atoms with van der Waals surface area (Å²) < 4.78 is 5.66. The van der Waals surface area contributed by atoms with Crippen LogP contribution in [0.25, 0.3) is 0 Å². The first-order valence-corrected chi connectivity index (χ1v) is 7.90. The minimum atomic E-state index is -0.297. The van der Waals surface area contributed by atoms with Gasteiger partial charge in [-0.15, -0.1) is 0 Å². The number of hydrogen-bond acceptors (Lipinski definition) is 2. The molecule has 0 unspecified atom stereocenters. The fourth-order valence-corrected chi connectivity index (χ4v) is 2.97. The van der Waals surface area contributed by atoms with Gasteiger partial charge in [-0.25, -0.2) is 4.79 Å². The first kappa shape index (κ1) is 15.7. The number of nitrogens with two attached hydrogens (primary N) is 1. The van der Waals surface area contributed by atoms with E-state index < -0.39 is 0 Å². The molecule has 2 rings (SSSR count). The zero-order valence-electron chi connectivity index (χ0n) is 12.8. The average Bonchev–Trinajstić information content (AvgIpc) is 2.49. The molecule has 1 aromatic carbocycles. The van der Waals surface area contributed by atoms with Crippen LogP contribution in [-0.4, -0.2) is 30.1 Å². The van der Waals surface area contributed by atoms with Crippen LogP contribution >= 0.6 is 0 Å². The molecule has 1 aliphatic carbocycles. The predicted octanol–water partition coefficient (Wildman–Crippen LogP) is 3.41. The van der Waals surface area contributed by atoms with Gasteiger partial charge in [0.1, 0.15) is 5.75 Å². The molecule has 116 valence electrons. The summed E-state index contributed by atoms with van der Waals surface area (Å²) in [6, 6.07) is 9.77. The van der Waals surface area contributed by atoms with Crippen molar-refractivity contribution in [1.29, 1.82) is 0 Å². The summed E-state index contributed by atoms with van der Waals surface area (Å²) in [6.45, 7) is 3.57. The summed E-state index contributed by atoms with van der Waals surface area (Å²) in [5, 5.41) is 0. The van der Waals surface area contributed by atoms with Gasteiger partial charge in [0.25, 0.3) is 0 Å². The number of hydrogen-bond donors (Lipinski definition) is 1. The molecule has 0 radical (unpaired) electrons. The summed E-state index contributed by atoms with van der Waals surface area (Å²) in [5.41, 5.74) is 5.54. The minimum absolute atomic E-state index is 0.297. The molecule has 2 amide bonds. The molecule has 0 spiro atoms. The number of nitrogens with zero attached hydrogens (tertiary/aromatic N) is 1. The van der Waals surface area contributed by atoms with Crippen molar-refractivity contribution >= 4 is 6.03 Å². The van der Waals surface area contributed by atoms with Gasteiger partial charge in [-0.1, -0.05) is 25.1 Å². The number of benzene rings is 1. The first-order chi connectivity index (χ1) is 10.2. The lowest BCUT2D eigenvalue weighted by atomic mass is 9.86. The van der Waals surface area contributed by atoms with E-state index >= 15 is 0 Å². The van der Waals surface area contributed by atoms with E-state index in [0.717, 1.165) is 30.9 Å². The van der Waals surface area contributed by atoms with Crippen LogP contribution < -0.4 is 10.5 Å². The van der Waals surface area contributed by atoms with Crippen molar-refractivity contribution in [3.05, 3.63) is 30.3 Å². The monoisotopic (exact) mass is 290 g/mol. The van der Waals surface area contributed by atoms with E-state index in [-0.39, 0.29) is 6.03 Å². The summed E-state index contributed by atoms with van der Waals surface area (Å²) in [6.07, 6.45) is 5.33. The third kappa shape index (κ3) is 4.96. The van der Waals surface area contributed by atoms with Crippen molar-refractivity contribution < 1.29 is 9.53 Å². The van der Waals surface area contributed by atoms with Gasteiger partial charge in [0, 0.05) is 12.6 Å². The Balaban J connectivity index is 1.74. The maximum Gasteiger partial charge on any atom is 0.315 e. The number of carbonyl (C=O) groups is 1. The van der Waals surface area contributed by atoms with E-state index in [1.165, 1.54) is 12.8 Å². The molecule has 1 saturated carbocycles. The topological polar surface area (TPSA) is 55.6 Å². The van der Waals surface area contributed by atoms with E-state index in [4.69, 9.17) is 10.5 Å². The first-order valence-electron chi connectivity index (χ1n) is 7.90. The summed E-state index contributed by atoms with van der Waals surface area (Å²) in [5.74, 6) is 1.65. The van der Waals surface area contributed by atoms with Gasteiger partial charge >= 0.3 is 6.03 Å². The lowest BCUT2D eigenvalue weighted by Gasteiger charge is -2.35. The van der Waals surface area contributed by atoms with Crippen LogP contribution in [0.5, 0.6) is 5.75 Å². The van der Waals surface area contributed by atoms with E-state index in [1.54, 1.807) is 0 Å². The molecule has 4 heteroatoms. The van der Waals surface area contributed by atoms with Crippen molar-refractivity contribution in [3.8, 4) is 5.75 Å². The fourth-order valence-electron chi connectivity index (χ4n) is 2.97. The molecule has 1 fully saturated rings. The number of primary amides is 1. The zero-order chi connectivity index (χ0) is 15.1. The average molecular weight is 290 g/mol. The zero-order valence-corrected chi connectivity index (χ0v) is 12.8. The van der Waals surface area contributed by atoms with Crippen LogP contribution in [0.15, 0.2) is 30.3 Å². The maximum atomic E-state index is 11.7. The number of para-hydroxylation sites is 1. The van der Waals surface area contributed by atoms with Gasteiger partial charge < -0.3 is 15.4 Å². The van der Waals surface area contributed by atoms with Gasteiger partial charge in [-0.05, 0) is 50.2 Å². The molecule has 0 aliphatic heterocycles. The third-order valence-corrected chi connectivity index (χ3v) is 4.26. The third-order valence-electron chi connectivity index (χ3n) is 4.26. The van der Waals surface area contributed by atoms with E-state index in [2.05, 4.69) is 6.92 Å². The highest BCUT2D eigenvalue weighted by Gasteiger charge is 2.25. The van der Waals surface area contributed by atoms with E-state index in [9.17, 15) is 4.79 Å². The van der Waals surface area contributed by atoms with E-state index in [1.807, 2.05) is 35.2 Å². The Morgan fingerprint density at radius 2 is 1.90 bits per heavy atom. The van der Waals surface area contributed by atoms with Crippen molar-refractivity contribution in [1.82, 2.24) is 4.90 Å². The second kappa shape index (κ2) is 7.91. The molecular weight excluding hydrogens is 264 g/mol. The largest absolute Gasteiger partial charge is 0.494 e. The molecule has 0 atom stereocenters. The Hall–Kier alpha value is -1.71. The number of rotatable bonds is 6. The fraction of sp³-hybridized carbons (Fsp3) is 0.588. The summed E-state index contributed by atoms with van der Waals surface area (Å²) >= 11 is 0. The van der Waals surface area contributed by atoms with Gasteiger partial charge in [0.05, 0.1) is 6.61 Å². The molecule has 4 nitrogen and oxygen atoms in total. The highest BCUT2D eigenvalue weighted by atomic mass is 16.5. The maximum absolute atomic E-state index is 11.7. The second-order valence-electron chi connectivity index (χ2n) is 5.96. The molecule has 0 bridgehead atoms. The van der Waals surface area contributed by atoms with Crippen LogP contribution in [0, 0.1) is 5.92 Å². The minimum Gasteiger partial charge on any atom is -0.494 e. The van der Waals surface area contributed by atoms with Crippen LogP contribution in [0.4, 0.5) is 4.79 Å². The summed E-state index contributed by atoms with van der Waals surface area (Å²) in [4.78, 5) is 13.5. The Morgan fingerprint density at radius 3 is 2.52 bits per heavy atom. The Kier molecular flexibility index (Phi) is 5.90. The Bertz CT molecular complexity index is 428. The molecular formula is C17H26N2O2. The van der Waals surface area contributed by atoms with Gasteiger partial charge in [-0.2, -0.15) is 0 Å². The van der Waals surface area contributed by atoms with Crippen LogP contribution in [-0.2, 0) is 0 Å². The van der Waals surface area contributed by atoms with Crippen LogP contribution in [0.2, 0.25) is 0 Å². The molecule has 21 heavy (non-hydrogen) atoms. The smallest absolute Gasteiger partial charge is 0.315 e. The van der Waals surface area contributed by atoms with Gasteiger partial charge in [-0.3, -0.25) is 0 Å². The van der Waals surface area contributed by atoms with Crippen molar-refractivity contribution in [2.24, 2.45) is 11.7 Å². The van der Waals surface area contributed by atoms with E-state index in [0.29, 0.717) is 19.2 Å². The Morgan fingerprint density at radius 1 is 1.24 bits per heavy atom. The summed E-state index contributed by atoms with van der Waals surface area (Å²) in [7, 11) is 0. The van der Waals surface area contributed by atoms with Gasteiger partial charge in [0.15, 0.2) is 0 Å². The van der Waals surface area contributed by atoms with Crippen LogP contribution in [0.1, 0.15) is 39.0 Å².